The Kier molecular flexibility index (Phi) is 2.85. The van der Waals surface area contributed by atoms with E-state index in [0.717, 1.165) is 11.0 Å². The summed E-state index contributed by atoms with van der Waals surface area (Å²) in [7, 11) is 0. The molecule has 0 fully saturated rings. The van der Waals surface area contributed by atoms with Crippen LogP contribution in [0.25, 0.3) is 11.0 Å². The highest BCUT2D eigenvalue weighted by molar-refractivity contribution is 6.29. The summed E-state index contributed by atoms with van der Waals surface area (Å²) in [5.41, 5.74) is 1.80. The summed E-state index contributed by atoms with van der Waals surface area (Å²) < 4.78 is 0. The molecule has 19 heavy (non-hydrogen) atoms. The number of benzene rings is 1. The lowest BCUT2D eigenvalue weighted by Gasteiger charge is -1.99. The first kappa shape index (κ1) is 11.6. The first-order valence-electron chi connectivity index (χ1n) is 5.48. The van der Waals surface area contributed by atoms with Crippen LogP contribution in [0.1, 0.15) is 10.5 Å². The van der Waals surface area contributed by atoms with Crippen molar-refractivity contribution in [2.24, 2.45) is 0 Å². The van der Waals surface area contributed by atoms with Crippen LogP contribution in [-0.2, 0) is 0 Å². The van der Waals surface area contributed by atoms with E-state index in [1.807, 2.05) is 24.3 Å². The fraction of sp³-hybridized carbons (Fsp3) is 0. The predicted octanol–water partition coefficient (Wildman–Crippen LogP) is 2.26. The zero-order chi connectivity index (χ0) is 13.2. The molecule has 2 N–H and O–H groups in total. The molecule has 0 aliphatic rings. The van der Waals surface area contributed by atoms with Gasteiger partial charge in [-0.25, -0.2) is 4.98 Å². The van der Waals surface area contributed by atoms with Crippen molar-refractivity contribution >= 4 is 34.5 Å². The number of nitrogens with zero attached hydrogens (tertiary/aromatic N) is 3. The number of hydrogen-bond donors (Lipinski definition) is 2. The van der Waals surface area contributed by atoms with Crippen molar-refractivity contribution < 1.29 is 4.79 Å². The largest absolute Gasteiger partial charge is 0.324 e. The van der Waals surface area contributed by atoms with Gasteiger partial charge in [0.2, 0.25) is 5.95 Å². The van der Waals surface area contributed by atoms with E-state index in [9.17, 15) is 4.79 Å². The molecule has 0 saturated carbocycles. The molecule has 0 aliphatic carbocycles. The minimum atomic E-state index is -0.400. The van der Waals surface area contributed by atoms with Crippen molar-refractivity contribution in [1.82, 2.24) is 20.2 Å². The van der Waals surface area contributed by atoms with Crippen LogP contribution in [0.3, 0.4) is 0 Å². The average molecular weight is 274 g/mol. The third-order valence-electron chi connectivity index (χ3n) is 2.49. The Labute approximate surface area is 112 Å². The number of nitrogens with one attached hydrogen (secondary N) is 2. The van der Waals surface area contributed by atoms with Crippen LogP contribution in [0.15, 0.2) is 36.4 Å². The normalized spacial score (nSPS) is 10.6. The van der Waals surface area contributed by atoms with E-state index in [-0.39, 0.29) is 10.8 Å². The van der Waals surface area contributed by atoms with Gasteiger partial charge in [-0.15, -0.1) is 10.2 Å². The summed E-state index contributed by atoms with van der Waals surface area (Å²) >= 11 is 5.61. The number of fused-ring (bicyclic) bond motifs is 1. The summed E-state index contributed by atoms with van der Waals surface area (Å²) in [4.78, 5) is 19.1. The Morgan fingerprint density at radius 2 is 2.00 bits per heavy atom. The zero-order valence-electron chi connectivity index (χ0n) is 9.59. The zero-order valence-corrected chi connectivity index (χ0v) is 10.3. The first-order chi connectivity index (χ1) is 9.22. The number of aromatic nitrogens is 4. The maximum Gasteiger partial charge on any atom is 0.278 e. The molecule has 0 aliphatic heterocycles. The number of hydrogen-bond acceptors (Lipinski definition) is 4. The molecule has 0 atom stereocenters. The number of aromatic amines is 1. The average Bonchev–Trinajstić information content (AvgIpc) is 2.81. The van der Waals surface area contributed by atoms with Crippen LogP contribution < -0.4 is 5.32 Å². The molecule has 1 amide bonds. The van der Waals surface area contributed by atoms with Crippen LogP contribution in [0.2, 0.25) is 5.15 Å². The topological polar surface area (TPSA) is 83.6 Å². The van der Waals surface area contributed by atoms with Gasteiger partial charge in [0.25, 0.3) is 5.91 Å². The van der Waals surface area contributed by atoms with Crippen molar-refractivity contribution in [1.29, 1.82) is 0 Å². The van der Waals surface area contributed by atoms with Crippen LogP contribution in [0.5, 0.6) is 0 Å². The summed E-state index contributed by atoms with van der Waals surface area (Å²) in [6.07, 6.45) is 0. The molecule has 2 aromatic heterocycles. The van der Waals surface area contributed by atoms with Crippen LogP contribution in [0, 0.1) is 0 Å². The van der Waals surface area contributed by atoms with E-state index in [2.05, 4.69) is 25.5 Å². The Bertz CT molecular complexity index is 704. The van der Waals surface area contributed by atoms with Gasteiger partial charge in [-0.05, 0) is 24.3 Å². The Morgan fingerprint density at radius 1 is 1.16 bits per heavy atom. The number of rotatable bonds is 2. The lowest BCUT2D eigenvalue weighted by Crippen LogP contribution is -2.15. The van der Waals surface area contributed by atoms with E-state index in [4.69, 9.17) is 11.6 Å². The van der Waals surface area contributed by atoms with Crippen molar-refractivity contribution in [3.63, 3.8) is 0 Å². The quantitative estimate of drug-likeness (QED) is 0.750. The van der Waals surface area contributed by atoms with Gasteiger partial charge >= 0.3 is 0 Å². The number of amides is 1. The molecule has 0 spiro atoms. The maximum absolute atomic E-state index is 11.9. The number of halogens is 1. The molecule has 3 rings (SSSR count). The predicted molar refractivity (Wildman–Crippen MR) is 71.1 cm³/mol. The van der Waals surface area contributed by atoms with Gasteiger partial charge in [-0.2, -0.15) is 0 Å². The van der Waals surface area contributed by atoms with Crippen molar-refractivity contribution in [2.45, 2.75) is 0 Å². The third-order valence-corrected chi connectivity index (χ3v) is 2.69. The minimum absolute atomic E-state index is 0.171. The van der Waals surface area contributed by atoms with E-state index in [1.165, 1.54) is 12.1 Å². The lowest BCUT2D eigenvalue weighted by molar-refractivity contribution is 0.102. The summed E-state index contributed by atoms with van der Waals surface area (Å²) in [5, 5.41) is 10.2. The smallest absolute Gasteiger partial charge is 0.278 e. The number of anilines is 1. The molecule has 2 heterocycles. The molecule has 7 heteroatoms. The van der Waals surface area contributed by atoms with Crippen LogP contribution in [0.4, 0.5) is 5.95 Å². The molecule has 0 bridgehead atoms. The Hall–Kier alpha value is -2.47. The van der Waals surface area contributed by atoms with E-state index in [1.54, 1.807) is 0 Å². The lowest BCUT2D eigenvalue weighted by atomic mass is 10.3. The summed E-state index contributed by atoms with van der Waals surface area (Å²) in [6, 6.07) is 10.5. The van der Waals surface area contributed by atoms with Gasteiger partial charge in [-0.3, -0.25) is 10.1 Å². The second-order valence-electron chi connectivity index (χ2n) is 3.80. The number of carbonyl (C=O) groups excluding carboxylic acids is 1. The maximum atomic E-state index is 11.9. The monoisotopic (exact) mass is 273 g/mol. The number of imidazole rings is 1. The molecule has 0 saturated heterocycles. The van der Waals surface area contributed by atoms with E-state index in [0.29, 0.717) is 5.95 Å². The highest BCUT2D eigenvalue weighted by Crippen LogP contribution is 2.13. The van der Waals surface area contributed by atoms with Crippen LogP contribution in [-0.4, -0.2) is 26.1 Å². The number of carbonyl (C=O) groups is 1. The van der Waals surface area contributed by atoms with Crippen molar-refractivity contribution in [3.8, 4) is 0 Å². The fourth-order valence-electron chi connectivity index (χ4n) is 1.62. The molecule has 0 radical (unpaired) electrons. The number of H-pyrrole nitrogens is 1. The summed E-state index contributed by atoms with van der Waals surface area (Å²) in [5.74, 6) is -0.0360. The highest BCUT2D eigenvalue weighted by atomic mass is 35.5. The third kappa shape index (κ3) is 2.38. The van der Waals surface area contributed by atoms with Gasteiger partial charge in [-0.1, -0.05) is 23.7 Å². The Morgan fingerprint density at radius 3 is 2.74 bits per heavy atom. The molecule has 6 nitrogen and oxygen atoms in total. The van der Waals surface area contributed by atoms with Gasteiger partial charge < -0.3 is 4.98 Å². The molecular weight excluding hydrogens is 266 g/mol. The molecule has 94 valence electrons. The SMILES string of the molecule is O=C(Nc1nc2ccccc2[nH]1)c1ccc(Cl)nn1. The molecule has 3 aromatic rings. The standard InChI is InChI=1S/C12H8ClN5O/c13-10-6-5-9(17-18-10)11(19)16-12-14-7-3-1-2-4-8(7)15-12/h1-6H,(H2,14,15,16,19). The second kappa shape index (κ2) is 4.66. The van der Waals surface area contributed by atoms with Gasteiger partial charge in [0.15, 0.2) is 10.8 Å². The molecule has 1 aromatic carbocycles. The molecular formula is C12H8ClN5O. The van der Waals surface area contributed by atoms with Crippen molar-refractivity contribution in [2.75, 3.05) is 5.32 Å². The van der Waals surface area contributed by atoms with E-state index < -0.39 is 5.91 Å². The number of para-hydroxylation sites is 2. The minimum Gasteiger partial charge on any atom is -0.324 e. The summed E-state index contributed by atoms with van der Waals surface area (Å²) in [6.45, 7) is 0. The van der Waals surface area contributed by atoms with Crippen LogP contribution >= 0.6 is 11.6 Å². The van der Waals surface area contributed by atoms with Crippen molar-refractivity contribution in [3.05, 3.63) is 47.2 Å². The van der Waals surface area contributed by atoms with E-state index >= 15 is 0 Å². The van der Waals surface area contributed by atoms with Gasteiger partial charge in [0, 0.05) is 0 Å². The molecule has 0 unspecified atom stereocenters. The Balaban J connectivity index is 1.84. The first-order valence-corrected chi connectivity index (χ1v) is 5.85. The van der Waals surface area contributed by atoms with Gasteiger partial charge in [0.1, 0.15) is 0 Å². The fourth-order valence-corrected chi connectivity index (χ4v) is 1.72. The highest BCUT2D eigenvalue weighted by Gasteiger charge is 2.10. The van der Waals surface area contributed by atoms with Gasteiger partial charge in [0.05, 0.1) is 11.0 Å². The second-order valence-corrected chi connectivity index (χ2v) is 4.19.